The van der Waals surface area contributed by atoms with Gasteiger partial charge < -0.3 is 10.6 Å². The number of fused-ring (bicyclic) bond motifs is 1. The molecule has 0 spiro atoms. The molecule has 32 heavy (non-hydrogen) atoms. The predicted octanol–water partition coefficient (Wildman–Crippen LogP) is 4.44. The van der Waals surface area contributed by atoms with Crippen molar-refractivity contribution >= 4 is 56.5 Å². The normalized spacial score (nSPS) is 10.8. The third-order valence-electron chi connectivity index (χ3n) is 4.53. The number of carbonyl (C=O) groups excluding carboxylic acids is 2. The van der Waals surface area contributed by atoms with E-state index in [1.807, 2.05) is 42.6 Å². The lowest BCUT2D eigenvalue weighted by molar-refractivity contribution is -0.114. The second-order valence-corrected chi connectivity index (χ2v) is 8.96. The van der Waals surface area contributed by atoms with Gasteiger partial charge in [0, 0.05) is 18.3 Å². The highest BCUT2D eigenvalue weighted by atomic mass is 32.2. The summed E-state index contributed by atoms with van der Waals surface area (Å²) in [6.45, 7) is 3.40. The number of nitrogens with zero attached hydrogens (tertiary/aromatic N) is 2. The molecule has 9 heteroatoms. The monoisotopic (exact) mass is 464 g/mol. The predicted molar refractivity (Wildman–Crippen MR) is 130 cm³/mol. The zero-order valence-corrected chi connectivity index (χ0v) is 19.0. The molecule has 4 aromatic rings. The number of thiophene rings is 1. The Morgan fingerprint density at radius 1 is 1.06 bits per heavy atom. The minimum atomic E-state index is -0.224. The number of nitrogens with one attached hydrogen (secondary N) is 2. The molecule has 7 nitrogen and oxygen atoms in total. The van der Waals surface area contributed by atoms with Crippen molar-refractivity contribution in [1.82, 2.24) is 9.55 Å². The third-order valence-corrected chi connectivity index (χ3v) is 6.36. The highest BCUT2D eigenvalue weighted by molar-refractivity contribution is 7.99. The van der Waals surface area contributed by atoms with E-state index < -0.39 is 0 Å². The first-order valence-corrected chi connectivity index (χ1v) is 11.6. The maximum atomic E-state index is 13.2. The molecule has 0 saturated carbocycles. The maximum absolute atomic E-state index is 13.2. The van der Waals surface area contributed by atoms with E-state index in [4.69, 9.17) is 0 Å². The molecule has 2 aromatic carbocycles. The maximum Gasteiger partial charge on any atom is 0.276 e. The van der Waals surface area contributed by atoms with E-state index in [9.17, 15) is 14.4 Å². The number of hydrogen-bond acceptors (Lipinski definition) is 6. The number of hydrogen-bond donors (Lipinski definition) is 2. The van der Waals surface area contributed by atoms with Crippen LogP contribution in [0.4, 0.5) is 11.4 Å². The molecule has 0 aliphatic heterocycles. The Morgan fingerprint density at radius 3 is 2.47 bits per heavy atom. The Labute approximate surface area is 192 Å². The SMILES string of the molecule is CC(=O)Nc1ccc(NC(=O)CSc2nc3ccsc3c(=O)n2-c2cccc(C)c2)cc1. The summed E-state index contributed by atoms with van der Waals surface area (Å²) in [6.07, 6.45) is 0. The van der Waals surface area contributed by atoms with Crippen LogP contribution >= 0.6 is 23.1 Å². The Bertz CT molecular complexity index is 1360. The van der Waals surface area contributed by atoms with Crippen LogP contribution < -0.4 is 16.2 Å². The van der Waals surface area contributed by atoms with Crippen molar-refractivity contribution in [3.63, 3.8) is 0 Å². The van der Waals surface area contributed by atoms with Crippen LogP contribution in [0.3, 0.4) is 0 Å². The number of aromatic nitrogens is 2. The summed E-state index contributed by atoms with van der Waals surface area (Å²) in [5.41, 5.74) is 3.49. The van der Waals surface area contributed by atoms with E-state index in [0.717, 1.165) is 5.56 Å². The lowest BCUT2D eigenvalue weighted by Crippen LogP contribution is -2.22. The molecule has 4 rings (SSSR count). The molecule has 0 aliphatic rings. The van der Waals surface area contributed by atoms with Crippen LogP contribution in [0.1, 0.15) is 12.5 Å². The van der Waals surface area contributed by atoms with Gasteiger partial charge in [0.2, 0.25) is 11.8 Å². The highest BCUT2D eigenvalue weighted by Crippen LogP contribution is 2.24. The Kier molecular flexibility index (Phi) is 6.38. The minimum Gasteiger partial charge on any atom is -0.326 e. The van der Waals surface area contributed by atoms with Crippen molar-refractivity contribution in [2.24, 2.45) is 0 Å². The molecule has 2 aromatic heterocycles. The van der Waals surface area contributed by atoms with Gasteiger partial charge in [0.15, 0.2) is 5.16 Å². The highest BCUT2D eigenvalue weighted by Gasteiger charge is 2.16. The molecule has 0 fully saturated rings. The fourth-order valence-corrected chi connectivity index (χ4v) is 4.72. The fraction of sp³-hybridized carbons (Fsp3) is 0.130. The lowest BCUT2D eigenvalue weighted by atomic mass is 10.2. The number of rotatable bonds is 6. The summed E-state index contributed by atoms with van der Waals surface area (Å²) in [6, 6.07) is 16.3. The van der Waals surface area contributed by atoms with Gasteiger partial charge in [0.05, 0.1) is 17.0 Å². The number of aryl methyl sites for hydroxylation is 1. The van der Waals surface area contributed by atoms with Crippen LogP contribution in [0.5, 0.6) is 0 Å². The molecule has 0 saturated heterocycles. The van der Waals surface area contributed by atoms with Gasteiger partial charge in [-0.25, -0.2) is 4.98 Å². The second kappa shape index (κ2) is 9.37. The molecule has 0 bridgehead atoms. The topological polar surface area (TPSA) is 93.1 Å². The van der Waals surface area contributed by atoms with Crippen LogP contribution in [-0.2, 0) is 9.59 Å². The second-order valence-electron chi connectivity index (χ2n) is 7.10. The summed E-state index contributed by atoms with van der Waals surface area (Å²) < 4.78 is 2.14. The number of anilines is 2. The van der Waals surface area contributed by atoms with E-state index in [0.29, 0.717) is 32.4 Å². The van der Waals surface area contributed by atoms with Crippen molar-refractivity contribution in [3.05, 3.63) is 75.9 Å². The van der Waals surface area contributed by atoms with E-state index in [1.165, 1.54) is 30.0 Å². The molecule has 0 radical (unpaired) electrons. The molecular weight excluding hydrogens is 444 g/mol. The first-order chi connectivity index (χ1) is 15.4. The standard InChI is InChI=1S/C23H20N4O3S2/c1-14-4-3-5-18(12-14)27-22(30)21-19(10-11-31-21)26-23(27)32-13-20(29)25-17-8-6-16(7-9-17)24-15(2)28/h3-12H,13H2,1-2H3,(H,24,28)(H,25,29). The van der Waals surface area contributed by atoms with Gasteiger partial charge in [-0.2, -0.15) is 0 Å². The first kappa shape index (κ1) is 21.8. The fourth-order valence-electron chi connectivity index (χ4n) is 3.15. The smallest absolute Gasteiger partial charge is 0.276 e. The largest absolute Gasteiger partial charge is 0.326 e. The molecule has 0 aliphatic carbocycles. The van der Waals surface area contributed by atoms with Crippen molar-refractivity contribution in [2.75, 3.05) is 16.4 Å². The van der Waals surface area contributed by atoms with Gasteiger partial charge in [-0.15, -0.1) is 11.3 Å². The number of amides is 2. The Hall–Kier alpha value is -3.43. The zero-order valence-electron chi connectivity index (χ0n) is 17.4. The molecule has 2 heterocycles. The Balaban J connectivity index is 1.55. The van der Waals surface area contributed by atoms with Crippen molar-refractivity contribution in [1.29, 1.82) is 0 Å². The van der Waals surface area contributed by atoms with Crippen molar-refractivity contribution in [2.45, 2.75) is 19.0 Å². The summed E-state index contributed by atoms with van der Waals surface area (Å²) in [5.74, 6) is -0.299. The molecule has 2 amide bonds. The number of benzene rings is 2. The van der Waals surface area contributed by atoms with Crippen LogP contribution in [0.2, 0.25) is 0 Å². The molecular formula is C23H20N4O3S2. The summed E-state index contributed by atoms with van der Waals surface area (Å²) in [4.78, 5) is 41.4. The van der Waals surface area contributed by atoms with E-state index in [2.05, 4.69) is 15.6 Å². The summed E-state index contributed by atoms with van der Waals surface area (Å²) in [7, 11) is 0. The summed E-state index contributed by atoms with van der Waals surface area (Å²) in [5, 5.41) is 7.80. The van der Waals surface area contributed by atoms with E-state index in [-0.39, 0.29) is 23.1 Å². The summed E-state index contributed by atoms with van der Waals surface area (Å²) >= 11 is 2.56. The van der Waals surface area contributed by atoms with E-state index in [1.54, 1.807) is 28.8 Å². The molecule has 2 N–H and O–H groups in total. The van der Waals surface area contributed by atoms with Crippen molar-refractivity contribution in [3.8, 4) is 5.69 Å². The van der Waals surface area contributed by atoms with Crippen LogP contribution in [0, 0.1) is 6.92 Å². The number of carbonyl (C=O) groups is 2. The van der Waals surface area contributed by atoms with Crippen LogP contribution in [-0.4, -0.2) is 27.1 Å². The average molecular weight is 465 g/mol. The van der Waals surface area contributed by atoms with Gasteiger partial charge in [-0.3, -0.25) is 19.0 Å². The van der Waals surface area contributed by atoms with E-state index >= 15 is 0 Å². The number of thioether (sulfide) groups is 1. The van der Waals surface area contributed by atoms with Gasteiger partial charge in [-0.05, 0) is 60.3 Å². The molecule has 0 atom stereocenters. The van der Waals surface area contributed by atoms with Gasteiger partial charge in [-0.1, -0.05) is 23.9 Å². The van der Waals surface area contributed by atoms with Gasteiger partial charge in [0.1, 0.15) is 4.70 Å². The van der Waals surface area contributed by atoms with Crippen LogP contribution in [0.25, 0.3) is 15.9 Å². The third kappa shape index (κ3) is 4.90. The van der Waals surface area contributed by atoms with Gasteiger partial charge >= 0.3 is 0 Å². The molecule has 0 unspecified atom stereocenters. The minimum absolute atomic E-state index is 0.0847. The van der Waals surface area contributed by atoms with Gasteiger partial charge in [0.25, 0.3) is 5.56 Å². The lowest BCUT2D eigenvalue weighted by Gasteiger charge is -2.13. The first-order valence-electron chi connectivity index (χ1n) is 9.78. The quantitative estimate of drug-likeness (QED) is 0.325. The average Bonchev–Trinajstić information content (AvgIpc) is 3.22. The van der Waals surface area contributed by atoms with Crippen LogP contribution in [0.15, 0.2) is 69.9 Å². The Morgan fingerprint density at radius 2 is 1.78 bits per heavy atom. The zero-order chi connectivity index (χ0) is 22.7. The van der Waals surface area contributed by atoms with Crippen molar-refractivity contribution < 1.29 is 9.59 Å². The molecule has 162 valence electrons.